The van der Waals surface area contributed by atoms with Gasteiger partial charge in [-0.25, -0.2) is 0 Å². The molecular weight excluding hydrogens is 321 g/mol. The number of nitrogens with one attached hydrogen (secondary N) is 2. The van der Waals surface area contributed by atoms with Crippen molar-refractivity contribution in [3.8, 4) is 0 Å². The van der Waals surface area contributed by atoms with E-state index in [1.165, 1.54) is 0 Å². The van der Waals surface area contributed by atoms with Gasteiger partial charge < -0.3 is 10.6 Å². The molecule has 1 saturated carbocycles. The number of halogens is 3. The molecule has 0 saturated heterocycles. The molecular formula is C12H15F3N4O2S. The van der Waals surface area contributed by atoms with Gasteiger partial charge in [-0.1, -0.05) is 24.2 Å². The minimum absolute atomic E-state index is 0.00668. The molecule has 1 aliphatic rings. The van der Waals surface area contributed by atoms with E-state index < -0.39 is 17.1 Å². The molecule has 0 bridgehead atoms. The number of amides is 2. The van der Waals surface area contributed by atoms with Crippen LogP contribution >= 0.6 is 11.3 Å². The molecule has 10 heteroatoms. The first-order valence-electron chi connectivity index (χ1n) is 6.84. The predicted molar refractivity (Wildman–Crippen MR) is 73.2 cm³/mol. The van der Waals surface area contributed by atoms with Gasteiger partial charge in [-0.05, 0) is 12.8 Å². The molecule has 1 fully saturated rings. The molecule has 2 N–H and O–H groups in total. The van der Waals surface area contributed by atoms with E-state index in [-0.39, 0.29) is 41.3 Å². The molecule has 1 heterocycles. The zero-order valence-corrected chi connectivity index (χ0v) is 12.4. The van der Waals surface area contributed by atoms with Crippen molar-refractivity contribution in [1.82, 2.24) is 15.5 Å². The molecule has 6 nitrogen and oxygen atoms in total. The van der Waals surface area contributed by atoms with Gasteiger partial charge in [0.05, 0.1) is 0 Å². The number of hydrogen-bond acceptors (Lipinski definition) is 5. The highest BCUT2D eigenvalue weighted by Crippen LogP contribution is 2.32. The second-order valence-corrected chi connectivity index (χ2v) is 5.98. The van der Waals surface area contributed by atoms with Gasteiger partial charge in [-0.15, -0.1) is 10.2 Å². The lowest BCUT2D eigenvalue weighted by atomic mass is 10.2. The zero-order chi connectivity index (χ0) is 16.2. The molecule has 0 radical (unpaired) electrons. The van der Waals surface area contributed by atoms with E-state index in [0.717, 1.165) is 25.7 Å². The number of rotatable bonds is 5. The van der Waals surface area contributed by atoms with Crippen LogP contribution in [0.3, 0.4) is 0 Å². The quantitative estimate of drug-likeness (QED) is 0.864. The van der Waals surface area contributed by atoms with Crippen molar-refractivity contribution in [2.45, 2.75) is 50.7 Å². The molecule has 22 heavy (non-hydrogen) atoms. The topological polar surface area (TPSA) is 84.0 Å². The van der Waals surface area contributed by atoms with Gasteiger partial charge >= 0.3 is 6.18 Å². The number of carbonyl (C=O) groups is 2. The third kappa shape index (κ3) is 4.93. The maximum atomic E-state index is 12.3. The third-order valence-electron chi connectivity index (χ3n) is 3.21. The van der Waals surface area contributed by atoms with E-state index in [0.29, 0.717) is 0 Å². The summed E-state index contributed by atoms with van der Waals surface area (Å²) < 4.78 is 37.0. The summed E-state index contributed by atoms with van der Waals surface area (Å²) in [5.41, 5.74) is 0. The minimum Gasteiger partial charge on any atom is -0.353 e. The van der Waals surface area contributed by atoms with E-state index in [4.69, 9.17) is 0 Å². The zero-order valence-electron chi connectivity index (χ0n) is 11.6. The van der Waals surface area contributed by atoms with Crippen LogP contribution in [0, 0.1) is 0 Å². The summed E-state index contributed by atoms with van der Waals surface area (Å²) in [6.07, 6.45) is -0.630. The van der Waals surface area contributed by atoms with Gasteiger partial charge in [0, 0.05) is 18.9 Å². The number of aromatic nitrogens is 2. The Bertz CT molecular complexity index is 541. The Hall–Kier alpha value is -1.71. The minimum atomic E-state index is -4.58. The van der Waals surface area contributed by atoms with Crippen molar-refractivity contribution in [3.05, 3.63) is 5.01 Å². The van der Waals surface area contributed by atoms with Crippen LogP contribution in [0.4, 0.5) is 18.3 Å². The predicted octanol–water partition coefficient (Wildman–Crippen LogP) is 2.33. The first-order chi connectivity index (χ1) is 10.3. The van der Waals surface area contributed by atoms with Crippen LogP contribution < -0.4 is 10.6 Å². The molecule has 0 atom stereocenters. The molecule has 122 valence electrons. The van der Waals surface area contributed by atoms with Crippen molar-refractivity contribution in [1.29, 1.82) is 0 Å². The largest absolute Gasteiger partial charge is 0.445 e. The summed E-state index contributed by atoms with van der Waals surface area (Å²) in [4.78, 5) is 23.2. The van der Waals surface area contributed by atoms with Crippen molar-refractivity contribution >= 4 is 28.3 Å². The van der Waals surface area contributed by atoms with E-state index in [9.17, 15) is 22.8 Å². The standard InChI is InChI=1S/C12H15F3N4O2S/c13-12(14,15)10-18-19-11(22-10)17-9(21)6-5-8(20)16-7-3-1-2-4-7/h7H,1-6H2,(H,16,20)(H,17,19,21). The monoisotopic (exact) mass is 336 g/mol. The third-order valence-corrected chi connectivity index (χ3v) is 4.10. The van der Waals surface area contributed by atoms with Crippen molar-refractivity contribution < 1.29 is 22.8 Å². The SMILES string of the molecule is O=C(CCC(=O)NC1CCCC1)Nc1nnc(C(F)(F)F)s1. The van der Waals surface area contributed by atoms with Crippen LogP contribution in [0.2, 0.25) is 0 Å². The first kappa shape index (κ1) is 16.7. The van der Waals surface area contributed by atoms with Crippen LogP contribution in [0.1, 0.15) is 43.5 Å². The Labute approximate surface area is 128 Å². The van der Waals surface area contributed by atoms with Crippen molar-refractivity contribution in [2.75, 3.05) is 5.32 Å². The number of carbonyl (C=O) groups excluding carboxylic acids is 2. The maximum absolute atomic E-state index is 12.3. The van der Waals surface area contributed by atoms with E-state index in [1.807, 2.05) is 0 Å². The number of nitrogens with zero attached hydrogens (tertiary/aromatic N) is 2. The van der Waals surface area contributed by atoms with Gasteiger partial charge in [-0.2, -0.15) is 13.2 Å². The average Bonchev–Trinajstić information content (AvgIpc) is 3.07. The highest BCUT2D eigenvalue weighted by atomic mass is 32.1. The Morgan fingerprint density at radius 1 is 1.14 bits per heavy atom. The molecule has 2 amide bonds. The van der Waals surface area contributed by atoms with Crippen LogP contribution in [0.25, 0.3) is 0 Å². The fraction of sp³-hybridized carbons (Fsp3) is 0.667. The second-order valence-electron chi connectivity index (χ2n) is 5.01. The maximum Gasteiger partial charge on any atom is 0.445 e. The van der Waals surface area contributed by atoms with Gasteiger partial charge in [-0.3, -0.25) is 9.59 Å². The average molecular weight is 336 g/mol. The first-order valence-corrected chi connectivity index (χ1v) is 7.66. The Morgan fingerprint density at radius 3 is 2.36 bits per heavy atom. The van der Waals surface area contributed by atoms with Gasteiger partial charge in [0.1, 0.15) is 0 Å². The Balaban J connectivity index is 1.73. The lowest BCUT2D eigenvalue weighted by molar-refractivity contribution is -0.138. The second kappa shape index (κ2) is 7.03. The number of alkyl halides is 3. The molecule has 0 aliphatic heterocycles. The smallest absolute Gasteiger partial charge is 0.353 e. The Kier molecular flexibility index (Phi) is 5.33. The lowest BCUT2D eigenvalue weighted by Gasteiger charge is -2.11. The summed E-state index contributed by atoms with van der Waals surface area (Å²) >= 11 is 0.249. The molecule has 0 unspecified atom stereocenters. The summed E-state index contributed by atoms with van der Waals surface area (Å²) in [5.74, 6) is -0.790. The van der Waals surface area contributed by atoms with E-state index in [1.54, 1.807) is 0 Å². The highest BCUT2D eigenvalue weighted by Gasteiger charge is 2.35. The molecule has 0 spiro atoms. The van der Waals surface area contributed by atoms with Crippen molar-refractivity contribution in [2.24, 2.45) is 0 Å². The summed E-state index contributed by atoms with van der Waals surface area (Å²) in [6, 6.07) is 0.174. The fourth-order valence-electron chi connectivity index (χ4n) is 2.17. The fourth-order valence-corrected chi connectivity index (χ4v) is 2.79. The Morgan fingerprint density at radius 2 is 1.77 bits per heavy atom. The summed E-state index contributed by atoms with van der Waals surface area (Å²) in [5, 5.41) is 9.89. The van der Waals surface area contributed by atoms with Crippen LogP contribution in [-0.2, 0) is 15.8 Å². The molecule has 1 aliphatic carbocycles. The van der Waals surface area contributed by atoms with Crippen LogP contribution in [0.5, 0.6) is 0 Å². The van der Waals surface area contributed by atoms with E-state index in [2.05, 4.69) is 20.8 Å². The summed E-state index contributed by atoms with van der Waals surface area (Å²) in [6.45, 7) is 0. The highest BCUT2D eigenvalue weighted by molar-refractivity contribution is 7.15. The van der Waals surface area contributed by atoms with Crippen LogP contribution in [-0.4, -0.2) is 28.1 Å². The summed E-state index contributed by atoms with van der Waals surface area (Å²) in [7, 11) is 0. The van der Waals surface area contributed by atoms with E-state index >= 15 is 0 Å². The molecule has 0 aromatic carbocycles. The lowest BCUT2D eigenvalue weighted by Crippen LogP contribution is -2.33. The molecule has 2 rings (SSSR count). The van der Waals surface area contributed by atoms with Gasteiger partial charge in [0.15, 0.2) is 0 Å². The number of hydrogen-bond donors (Lipinski definition) is 2. The van der Waals surface area contributed by atoms with Crippen molar-refractivity contribution in [3.63, 3.8) is 0 Å². The number of anilines is 1. The molecule has 1 aromatic heterocycles. The van der Waals surface area contributed by atoms with Gasteiger partial charge in [0.2, 0.25) is 22.0 Å². The van der Waals surface area contributed by atoms with Crippen LogP contribution in [0.15, 0.2) is 0 Å². The van der Waals surface area contributed by atoms with Gasteiger partial charge in [0.25, 0.3) is 0 Å². The molecule has 1 aromatic rings. The normalized spacial score (nSPS) is 15.8.